The number of aromatic nitrogens is 3. The Balaban J connectivity index is 1.64. The van der Waals surface area contributed by atoms with Crippen molar-refractivity contribution in [3.63, 3.8) is 0 Å². The summed E-state index contributed by atoms with van der Waals surface area (Å²) in [6, 6.07) is 17.6. The zero-order valence-corrected chi connectivity index (χ0v) is 14.2. The van der Waals surface area contributed by atoms with Crippen LogP contribution in [0.2, 0.25) is 5.02 Å². The predicted molar refractivity (Wildman–Crippen MR) is 101 cm³/mol. The minimum absolute atomic E-state index is 0.239. The lowest BCUT2D eigenvalue weighted by Crippen LogP contribution is -2.15. The average molecular weight is 349 g/mol. The van der Waals surface area contributed by atoms with Crippen LogP contribution in [-0.2, 0) is 6.42 Å². The van der Waals surface area contributed by atoms with Crippen molar-refractivity contribution in [1.82, 2.24) is 15.0 Å². The normalized spacial score (nSPS) is 12.4. The van der Waals surface area contributed by atoms with Gasteiger partial charge in [0.25, 0.3) is 0 Å². The van der Waals surface area contributed by atoms with Gasteiger partial charge >= 0.3 is 0 Å². The number of hydrogen-bond acceptors (Lipinski definition) is 3. The fraction of sp³-hybridized carbons (Fsp3) is 0.100. The van der Waals surface area contributed by atoms with E-state index in [1.807, 2.05) is 42.5 Å². The first kappa shape index (κ1) is 15.8. The van der Waals surface area contributed by atoms with Crippen LogP contribution in [-0.4, -0.2) is 15.0 Å². The summed E-state index contributed by atoms with van der Waals surface area (Å²) < 4.78 is 0. The summed E-state index contributed by atoms with van der Waals surface area (Å²) in [5, 5.41) is 0.731. The van der Waals surface area contributed by atoms with Gasteiger partial charge in [0.1, 0.15) is 5.82 Å². The highest BCUT2D eigenvalue weighted by molar-refractivity contribution is 6.31. The SMILES string of the molecule is NC(Cc1ccccc1Cl)c1nc2cc(-c3ccncc3)ccc2[nH]1. The van der Waals surface area contributed by atoms with Crippen LogP contribution in [0.5, 0.6) is 0 Å². The Hall–Kier alpha value is -2.69. The quantitative estimate of drug-likeness (QED) is 0.569. The number of hydrogen-bond donors (Lipinski definition) is 2. The van der Waals surface area contributed by atoms with Gasteiger partial charge in [0.15, 0.2) is 0 Å². The van der Waals surface area contributed by atoms with Gasteiger partial charge in [-0.15, -0.1) is 0 Å². The average Bonchev–Trinajstić information content (AvgIpc) is 3.08. The smallest absolute Gasteiger partial charge is 0.124 e. The first-order chi connectivity index (χ1) is 12.2. The van der Waals surface area contributed by atoms with Gasteiger partial charge < -0.3 is 10.7 Å². The molecule has 0 radical (unpaired) electrons. The highest BCUT2D eigenvalue weighted by Crippen LogP contribution is 2.25. The molecule has 0 saturated carbocycles. The van der Waals surface area contributed by atoms with E-state index in [2.05, 4.69) is 27.1 Å². The second kappa shape index (κ2) is 6.67. The van der Waals surface area contributed by atoms with Crippen molar-refractivity contribution in [3.8, 4) is 11.1 Å². The van der Waals surface area contributed by atoms with Crippen molar-refractivity contribution in [1.29, 1.82) is 0 Å². The number of nitrogens with zero attached hydrogens (tertiary/aromatic N) is 2. The Labute approximate surface area is 150 Å². The molecule has 1 unspecified atom stereocenters. The van der Waals surface area contributed by atoms with Gasteiger partial charge in [-0.3, -0.25) is 4.98 Å². The summed E-state index contributed by atoms with van der Waals surface area (Å²) in [4.78, 5) is 12.1. The zero-order chi connectivity index (χ0) is 17.2. The molecule has 0 saturated heterocycles. The Morgan fingerprint density at radius 1 is 1.00 bits per heavy atom. The summed E-state index contributed by atoms with van der Waals surface area (Å²) >= 11 is 6.23. The second-order valence-corrected chi connectivity index (χ2v) is 6.40. The molecule has 0 bridgehead atoms. The number of pyridine rings is 1. The Morgan fingerprint density at radius 3 is 2.60 bits per heavy atom. The number of halogens is 1. The molecule has 4 nitrogen and oxygen atoms in total. The van der Waals surface area contributed by atoms with Gasteiger partial charge in [0, 0.05) is 17.4 Å². The molecule has 3 N–H and O–H groups in total. The molecule has 1 atom stereocenters. The van der Waals surface area contributed by atoms with E-state index in [9.17, 15) is 0 Å². The summed E-state index contributed by atoms with van der Waals surface area (Å²) in [5.41, 5.74) is 11.5. The number of benzene rings is 2. The van der Waals surface area contributed by atoms with Crippen LogP contribution in [0.15, 0.2) is 67.0 Å². The van der Waals surface area contributed by atoms with Crippen molar-refractivity contribution in [3.05, 3.63) is 83.4 Å². The first-order valence-corrected chi connectivity index (χ1v) is 8.47. The van der Waals surface area contributed by atoms with Gasteiger partial charge in [-0.1, -0.05) is 35.9 Å². The molecule has 0 aliphatic heterocycles. The monoisotopic (exact) mass is 348 g/mol. The van der Waals surface area contributed by atoms with Crippen molar-refractivity contribution < 1.29 is 0 Å². The topological polar surface area (TPSA) is 67.6 Å². The fourth-order valence-corrected chi connectivity index (χ4v) is 3.14. The maximum absolute atomic E-state index is 6.35. The fourth-order valence-electron chi connectivity index (χ4n) is 2.92. The van der Waals surface area contributed by atoms with Crippen molar-refractivity contribution in [2.24, 2.45) is 5.73 Å². The van der Waals surface area contributed by atoms with Crippen LogP contribution < -0.4 is 5.73 Å². The molecule has 0 aliphatic carbocycles. The van der Waals surface area contributed by atoms with Gasteiger partial charge in [0.2, 0.25) is 0 Å². The molecule has 0 spiro atoms. The van der Waals surface area contributed by atoms with Crippen LogP contribution in [0.25, 0.3) is 22.2 Å². The summed E-state index contributed by atoms with van der Waals surface area (Å²) in [7, 11) is 0. The molecule has 2 aromatic heterocycles. The third-order valence-electron chi connectivity index (χ3n) is 4.26. The molecule has 4 rings (SSSR count). The predicted octanol–water partition coefficient (Wildman–Crippen LogP) is 4.52. The minimum Gasteiger partial charge on any atom is -0.341 e. The molecule has 2 aromatic carbocycles. The number of imidazole rings is 1. The van der Waals surface area contributed by atoms with Gasteiger partial charge in [-0.25, -0.2) is 4.98 Å². The van der Waals surface area contributed by atoms with Crippen LogP contribution in [0.3, 0.4) is 0 Å². The lowest BCUT2D eigenvalue weighted by atomic mass is 10.1. The number of H-pyrrole nitrogens is 1. The van der Waals surface area contributed by atoms with Gasteiger partial charge in [-0.05, 0) is 53.4 Å². The number of rotatable bonds is 4. The number of aromatic amines is 1. The van der Waals surface area contributed by atoms with Crippen molar-refractivity contribution in [2.45, 2.75) is 12.5 Å². The molecule has 4 aromatic rings. The van der Waals surface area contributed by atoms with Crippen molar-refractivity contribution >= 4 is 22.6 Å². The Morgan fingerprint density at radius 2 is 1.80 bits per heavy atom. The molecule has 0 aliphatic rings. The molecule has 0 fully saturated rings. The summed E-state index contributed by atoms with van der Waals surface area (Å²) in [5.74, 6) is 0.766. The van der Waals surface area contributed by atoms with Crippen LogP contribution in [0, 0.1) is 0 Å². The third kappa shape index (κ3) is 3.27. The molecular weight excluding hydrogens is 332 g/mol. The minimum atomic E-state index is -0.239. The maximum atomic E-state index is 6.35. The van der Waals surface area contributed by atoms with E-state index in [1.165, 1.54) is 0 Å². The summed E-state index contributed by atoms with van der Waals surface area (Å²) in [6.07, 6.45) is 4.21. The Kier molecular flexibility index (Phi) is 4.22. The standard InChI is InChI=1S/C20H17ClN4/c21-16-4-2-1-3-15(16)11-17(22)20-24-18-6-5-14(12-19(18)25-20)13-7-9-23-10-8-13/h1-10,12,17H,11,22H2,(H,24,25). The van der Waals surface area contributed by atoms with E-state index in [0.717, 1.165) is 38.6 Å². The van der Waals surface area contributed by atoms with E-state index in [0.29, 0.717) is 6.42 Å². The van der Waals surface area contributed by atoms with Crippen LogP contribution >= 0.6 is 11.6 Å². The van der Waals surface area contributed by atoms with E-state index in [4.69, 9.17) is 17.3 Å². The van der Waals surface area contributed by atoms with Crippen LogP contribution in [0.4, 0.5) is 0 Å². The molecule has 5 heteroatoms. The van der Waals surface area contributed by atoms with E-state index < -0.39 is 0 Å². The molecule has 2 heterocycles. The third-order valence-corrected chi connectivity index (χ3v) is 4.63. The second-order valence-electron chi connectivity index (χ2n) is 5.99. The largest absolute Gasteiger partial charge is 0.341 e. The molecule has 124 valence electrons. The highest BCUT2D eigenvalue weighted by atomic mass is 35.5. The van der Waals surface area contributed by atoms with E-state index in [-0.39, 0.29) is 6.04 Å². The van der Waals surface area contributed by atoms with Crippen LogP contribution in [0.1, 0.15) is 17.4 Å². The maximum Gasteiger partial charge on any atom is 0.124 e. The lowest BCUT2D eigenvalue weighted by Gasteiger charge is -2.09. The Bertz CT molecular complexity index is 1010. The number of fused-ring (bicyclic) bond motifs is 1. The summed E-state index contributed by atoms with van der Waals surface area (Å²) in [6.45, 7) is 0. The molecular formula is C20H17ClN4. The lowest BCUT2D eigenvalue weighted by molar-refractivity contribution is 0.680. The number of nitrogens with one attached hydrogen (secondary N) is 1. The molecule has 0 amide bonds. The van der Waals surface area contributed by atoms with Gasteiger partial charge in [-0.2, -0.15) is 0 Å². The zero-order valence-electron chi connectivity index (χ0n) is 13.5. The van der Waals surface area contributed by atoms with E-state index in [1.54, 1.807) is 12.4 Å². The first-order valence-electron chi connectivity index (χ1n) is 8.10. The van der Waals surface area contributed by atoms with E-state index >= 15 is 0 Å². The van der Waals surface area contributed by atoms with Gasteiger partial charge in [0.05, 0.1) is 17.1 Å². The number of nitrogens with two attached hydrogens (primary N) is 1. The van der Waals surface area contributed by atoms with Crippen molar-refractivity contribution in [2.75, 3.05) is 0 Å². The highest BCUT2D eigenvalue weighted by Gasteiger charge is 2.14. The molecule has 25 heavy (non-hydrogen) atoms.